The van der Waals surface area contributed by atoms with E-state index in [2.05, 4.69) is 10.3 Å². The maximum atomic E-state index is 13.2. The Labute approximate surface area is 179 Å². The van der Waals surface area contributed by atoms with Crippen LogP contribution in [-0.4, -0.2) is 27.9 Å². The Bertz CT molecular complexity index is 967. The van der Waals surface area contributed by atoms with Gasteiger partial charge in [-0.2, -0.15) is 0 Å². The minimum atomic E-state index is -2.76. The molecule has 1 heterocycles. The van der Waals surface area contributed by atoms with E-state index in [-0.39, 0.29) is 18.5 Å². The molecular weight excluding hydrogens is 404 g/mol. The van der Waals surface area contributed by atoms with Gasteiger partial charge in [-0.05, 0) is 50.1 Å². The zero-order chi connectivity index (χ0) is 21.7. The number of alkyl halides is 2. The number of anilines is 1. The molecule has 0 spiro atoms. The molecule has 2 aromatic carbocycles. The Kier molecular flexibility index (Phi) is 6.82. The van der Waals surface area contributed by atoms with Gasteiger partial charge < -0.3 is 10.2 Å². The lowest BCUT2D eigenvalue weighted by molar-refractivity contribution is 0.0226. The number of amides is 2. The summed E-state index contributed by atoms with van der Waals surface area (Å²) in [6.45, 7) is 5.25. The van der Waals surface area contributed by atoms with Crippen molar-refractivity contribution in [1.82, 2.24) is 9.88 Å². The summed E-state index contributed by atoms with van der Waals surface area (Å²) in [6.07, 6.45) is 1.45. The fourth-order valence-electron chi connectivity index (χ4n) is 3.11. The van der Waals surface area contributed by atoms with Crippen LogP contribution in [0.15, 0.2) is 60.1 Å². The molecule has 30 heavy (non-hydrogen) atoms. The van der Waals surface area contributed by atoms with Gasteiger partial charge in [-0.3, -0.25) is 0 Å². The molecule has 0 bridgehead atoms. The van der Waals surface area contributed by atoms with Gasteiger partial charge in [-0.1, -0.05) is 30.3 Å². The number of hydrogen-bond donors (Lipinski definition) is 1. The average molecular weight is 430 g/mol. The summed E-state index contributed by atoms with van der Waals surface area (Å²) < 4.78 is 26.3. The van der Waals surface area contributed by atoms with E-state index in [0.29, 0.717) is 17.8 Å². The minimum Gasteiger partial charge on any atom is -0.318 e. The smallest absolute Gasteiger partial charge is 0.318 e. The second-order valence-corrected chi connectivity index (χ2v) is 8.53. The van der Waals surface area contributed by atoms with Crippen molar-refractivity contribution >= 4 is 23.1 Å². The van der Waals surface area contributed by atoms with E-state index in [1.165, 1.54) is 0 Å². The first kappa shape index (κ1) is 21.9. The van der Waals surface area contributed by atoms with Crippen LogP contribution in [0, 0.1) is 0 Å². The minimum absolute atomic E-state index is 0.0217. The van der Waals surface area contributed by atoms with Gasteiger partial charge in [0.2, 0.25) is 5.92 Å². The van der Waals surface area contributed by atoms with E-state index in [4.69, 9.17) is 0 Å². The SMILES string of the molecule is CC(C)N(Cc1cccc(-c2nccs2)c1)C(=O)Nc1ccc(CC(C)(F)F)cc1. The highest BCUT2D eigenvalue weighted by atomic mass is 32.1. The van der Waals surface area contributed by atoms with Gasteiger partial charge in [0.1, 0.15) is 5.01 Å². The fraction of sp³-hybridized carbons (Fsp3) is 0.304. The molecule has 7 heteroatoms. The molecule has 4 nitrogen and oxygen atoms in total. The van der Waals surface area contributed by atoms with Crippen molar-refractivity contribution in [2.24, 2.45) is 0 Å². The monoisotopic (exact) mass is 429 g/mol. The van der Waals surface area contributed by atoms with E-state index in [1.54, 1.807) is 46.7 Å². The number of nitrogens with zero attached hydrogens (tertiary/aromatic N) is 2. The predicted octanol–water partition coefficient (Wildman–Crippen LogP) is 6.45. The van der Waals surface area contributed by atoms with Crippen LogP contribution < -0.4 is 5.32 Å². The summed E-state index contributed by atoms with van der Waals surface area (Å²) in [7, 11) is 0. The first-order valence-corrected chi connectivity index (χ1v) is 10.6. The van der Waals surface area contributed by atoms with Gasteiger partial charge in [-0.25, -0.2) is 18.6 Å². The van der Waals surface area contributed by atoms with E-state index in [1.807, 2.05) is 43.5 Å². The van der Waals surface area contributed by atoms with Crippen LogP contribution in [-0.2, 0) is 13.0 Å². The molecule has 0 radical (unpaired) electrons. The third-order valence-corrected chi connectivity index (χ3v) is 5.39. The van der Waals surface area contributed by atoms with Crippen LogP contribution in [0.25, 0.3) is 10.6 Å². The number of aromatic nitrogens is 1. The van der Waals surface area contributed by atoms with Crippen molar-refractivity contribution in [2.75, 3.05) is 5.32 Å². The molecule has 0 aliphatic carbocycles. The van der Waals surface area contributed by atoms with Gasteiger partial charge in [0.25, 0.3) is 0 Å². The molecule has 0 fully saturated rings. The van der Waals surface area contributed by atoms with Crippen molar-refractivity contribution < 1.29 is 13.6 Å². The zero-order valence-corrected chi connectivity index (χ0v) is 18.0. The summed E-state index contributed by atoms with van der Waals surface area (Å²) in [4.78, 5) is 18.9. The van der Waals surface area contributed by atoms with Crippen LogP contribution in [0.2, 0.25) is 0 Å². The Balaban J connectivity index is 1.69. The van der Waals surface area contributed by atoms with Crippen molar-refractivity contribution in [1.29, 1.82) is 0 Å². The molecule has 0 saturated heterocycles. The zero-order valence-electron chi connectivity index (χ0n) is 17.2. The first-order chi connectivity index (χ1) is 14.2. The Morgan fingerprint density at radius 3 is 2.50 bits per heavy atom. The number of carbonyl (C=O) groups is 1. The van der Waals surface area contributed by atoms with E-state index in [9.17, 15) is 13.6 Å². The van der Waals surface area contributed by atoms with Gasteiger partial charge >= 0.3 is 6.03 Å². The summed E-state index contributed by atoms with van der Waals surface area (Å²) in [5.74, 6) is -2.76. The van der Waals surface area contributed by atoms with E-state index < -0.39 is 5.92 Å². The Hall–Kier alpha value is -2.80. The number of rotatable bonds is 7. The maximum absolute atomic E-state index is 13.2. The summed E-state index contributed by atoms with van der Waals surface area (Å²) in [6, 6.07) is 14.3. The van der Waals surface area contributed by atoms with Gasteiger partial charge in [0.05, 0.1) is 0 Å². The summed E-state index contributed by atoms with van der Waals surface area (Å²) >= 11 is 1.57. The molecular formula is C23H25F2N3OS. The number of urea groups is 1. The quantitative estimate of drug-likeness (QED) is 0.469. The van der Waals surface area contributed by atoms with Crippen LogP contribution >= 0.6 is 11.3 Å². The van der Waals surface area contributed by atoms with Crippen molar-refractivity contribution in [3.05, 3.63) is 71.2 Å². The van der Waals surface area contributed by atoms with Gasteiger partial charge in [-0.15, -0.1) is 11.3 Å². The van der Waals surface area contributed by atoms with Crippen LogP contribution in [0.5, 0.6) is 0 Å². The van der Waals surface area contributed by atoms with Crippen molar-refractivity contribution in [3.63, 3.8) is 0 Å². The number of thiazole rings is 1. The highest BCUT2D eigenvalue weighted by Gasteiger charge is 2.22. The van der Waals surface area contributed by atoms with Crippen LogP contribution in [0.3, 0.4) is 0 Å². The maximum Gasteiger partial charge on any atom is 0.322 e. The number of halogens is 2. The van der Waals surface area contributed by atoms with E-state index >= 15 is 0 Å². The molecule has 1 aromatic heterocycles. The Morgan fingerprint density at radius 1 is 1.17 bits per heavy atom. The second-order valence-electron chi connectivity index (χ2n) is 7.63. The van der Waals surface area contributed by atoms with Crippen LogP contribution in [0.1, 0.15) is 31.9 Å². The summed E-state index contributed by atoms with van der Waals surface area (Å²) in [5.41, 5.74) is 3.13. The third-order valence-electron chi connectivity index (χ3n) is 4.56. The molecule has 2 amide bonds. The normalized spacial score (nSPS) is 11.5. The lowest BCUT2D eigenvalue weighted by Gasteiger charge is -2.27. The molecule has 0 unspecified atom stereocenters. The number of benzene rings is 2. The number of carbonyl (C=O) groups excluding carboxylic acids is 1. The van der Waals surface area contributed by atoms with Crippen LogP contribution in [0.4, 0.5) is 19.3 Å². The molecule has 3 aromatic rings. The lowest BCUT2D eigenvalue weighted by atomic mass is 10.1. The van der Waals surface area contributed by atoms with Gasteiger partial charge in [0, 0.05) is 41.8 Å². The molecule has 0 saturated carbocycles. The molecule has 1 N–H and O–H groups in total. The molecule has 0 atom stereocenters. The first-order valence-electron chi connectivity index (χ1n) is 9.74. The van der Waals surface area contributed by atoms with Gasteiger partial charge in [0.15, 0.2) is 0 Å². The topological polar surface area (TPSA) is 45.2 Å². The fourth-order valence-corrected chi connectivity index (χ4v) is 3.75. The standard InChI is InChI=1S/C23H25F2N3OS/c1-16(2)28(15-18-5-4-6-19(13-18)21-26-11-12-30-21)22(29)27-20-9-7-17(8-10-20)14-23(3,24)25/h4-13,16H,14-15H2,1-3H3,(H,27,29). The average Bonchev–Trinajstić information content (AvgIpc) is 3.21. The highest BCUT2D eigenvalue weighted by Crippen LogP contribution is 2.24. The van der Waals surface area contributed by atoms with Crippen molar-refractivity contribution in [3.8, 4) is 10.6 Å². The molecule has 0 aliphatic heterocycles. The molecule has 158 valence electrons. The third kappa shape index (κ3) is 6.10. The lowest BCUT2D eigenvalue weighted by Crippen LogP contribution is -2.39. The van der Waals surface area contributed by atoms with Crippen molar-refractivity contribution in [2.45, 2.75) is 45.7 Å². The van der Waals surface area contributed by atoms with E-state index in [0.717, 1.165) is 23.1 Å². The second kappa shape index (κ2) is 9.34. The number of hydrogen-bond acceptors (Lipinski definition) is 3. The predicted molar refractivity (Wildman–Crippen MR) is 118 cm³/mol. The Morgan fingerprint density at radius 2 is 1.90 bits per heavy atom. The molecule has 0 aliphatic rings. The highest BCUT2D eigenvalue weighted by molar-refractivity contribution is 7.13. The molecule has 3 rings (SSSR count). The largest absolute Gasteiger partial charge is 0.322 e. The summed E-state index contributed by atoms with van der Waals surface area (Å²) in [5, 5.41) is 5.74. The number of nitrogens with one attached hydrogen (secondary N) is 1.